The lowest BCUT2D eigenvalue weighted by molar-refractivity contribution is 0.628. The maximum atomic E-state index is 11.7. The Bertz CT molecular complexity index is 649. The number of aromatic nitrogens is 2. The van der Waals surface area contributed by atoms with Crippen LogP contribution in [0.1, 0.15) is 16.8 Å². The second kappa shape index (κ2) is 5.10. The molecule has 2 aromatic rings. The quantitative estimate of drug-likeness (QED) is 0.842. The second-order valence-corrected chi connectivity index (χ2v) is 4.43. The van der Waals surface area contributed by atoms with E-state index >= 15 is 0 Å². The number of nitrogens with zero attached hydrogens (tertiary/aromatic N) is 2. The van der Waals surface area contributed by atoms with E-state index in [2.05, 4.69) is 5.10 Å². The van der Waals surface area contributed by atoms with Crippen LogP contribution < -0.4 is 11.3 Å². The van der Waals surface area contributed by atoms with Crippen molar-refractivity contribution in [2.75, 3.05) is 0 Å². The minimum Gasteiger partial charge on any atom is -0.389 e. The molecule has 4 nitrogen and oxygen atoms in total. The van der Waals surface area contributed by atoms with E-state index in [9.17, 15) is 4.79 Å². The molecule has 18 heavy (non-hydrogen) atoms. The van der Waals surface area contributed by atoms with Crippen LogP contribution in [0.2, 0.25) is 0 Å². The van der Waals surface area contributed by atoms with Gasteiger partial charge in [0.1, 0.15) is 4.99 Å². The molecule has 0 unspecified atom stereocenters. The molecule has 0 aliphatic heterocycles. The molecule has 0 saturated carbocycles. The summed E-state index contributed by atoms with van der Waals surface area (Å²) in [5.41, 5.74) is 7.99. The maximum absolute atomic E-state index is 11.7. The second-order valence-electron chi connectivity index (χ2n) is 3.99. The number of aryl methyl sites for hydroxylation is 1. The predicted octanol–water partition coefficient (Wildman–Crippen LogP) is 1.23. The zero-order chi connectivity index (χ0) is 13.1. The summed E-state index contributed by atoms with van der Waals surface area (Å²) in [7, 11) is 0. The van der Waals surface area contributed by atoms with Gasteiger partial charge in [0.2, 0.25) is 0 Å². The molecule has 0 spiro atoms. The molecule has 1 heterocycles. The molecule has 0 amide bonds. The highest BCUT2D eigenvalue weighted by molar-refractivity contribution is 7.80. The zero-order valence-electron chi connectivity index (χ0n) is 9.96. The number of hydrogen-bond donors (Lipinski definition) is 1. The highest BCUT2D eigenvalue weighted by Crippen LogP contribution is 2.09. The van der Waals surface area contributed by atoms with Crippen LogP contribution in [0.3, 0.4) is 0 Å². The molecule has 0 atom stereocenters. The Hall–Kier alpha value is -2.01. The largest absolute Gasteiger partial charge is 0.389 e. The summed E-state index contributed by atoms with van der Waals surface area (Å²) in [6.07, 6.45) is 0. The van der Waals surface area contributed by atoms with Gasteiger partial charge in [-0.25, -0.2) is 4.68 Å². The van der Waals surface area contributed by atoms with Crippen LogP contribution in [-0.4, -0.2) is 14.8 Å². The molecule has 0 bridgehead atoms. The van der Waals surface area contributed by atoms with E-state index in [1.165, 1.54) is 10.7 Å². The first-order chi connectivity index (χ1) is 8.58. The van der Waals surface area contributed by atoms with Crippen LogP contribution >= 0.6 is 12.2 Å². The average Bonchev–Trinajstić information content (AvgIpc) is 2.34. The van der Waals surface area contributed by atoms with E-state index in [1.807, 2.05) is 31.2 Å². The standard InChI is InChI=1S/C13H13N3OS/c1-9-6-7-12(17)16(15-9)8-10-4-2-3-5-11(10)13(14)18/h2-7H,8H2,1H3,(H2,14,18). The van der Waals surface area contributed by atoms with Crippen LogP contribution in [0.5, 0.6) is 0 Å². The van der Waals surface area contributed by atoms with Crippen molar-refractivity contribution < 1.29 is 0 Å². The van der Waals surface area contributed by atoms with Crippen LogP contribution in [-0.2, 0) is 6.54 Å². The number of benzene rings is 1. The predicted molar refractivity (Wildman–Crippen MR) is 74.7 cm³/mol. The third-order valence-corrected chi connectivity index (χ3v) is 2.82. The fraction of sp³-hybridized carbons (Fsp3) is 0.154. The first-order valence-corrected chi connectivity index (χ1v) is 5.91. The summed E-state index contributed by atoms with van der Waals surface area (Å²) in [6, 6.07) is 10.7. The maximum Gasteiger partial charge on any atom is 0.267 e. The number of rotatable bonds is 3. The number of nitrogens with two attached hydrogens (primary N) is 1. The highest BCUT2D eigenvalue weighted by atomic mass is 32.1. The minimum atomic E-state index is -0.140. The smallest absolute Gasteiger partial charge is 0.267 e. The van der Waals surface area contributed by atoms with Gasteiger partial charge in [-0.2, -0.15) is 5.10 Å². The van der Waals surface area contributed by atoms with Gasteiger partial charge in [0, 0.05) is 11.6 Å². The summed E-state index contributed by atoms with van der Waals surface area (Å²) >= 11 is 4.99. The topological polar surface area (TPSA) is 60.9 Å². The van der Waals surface area contributed by atoms with Crippen LogP contribution in [0.15, 0.2) is 41.2 Å². The van der Waals surface area contributed by atoms with Crippen LogP contribution in [0.4, 0.5) is 0 Å². The Morgan fingerprint density at radius 1 is 1.33 bits per heavy atom. The molecule has 0 fully saturated rings. The van der Waals surface area contributed by atoms with Crippen molar-refractivity contribution in [3.8, 4) is 0 Å². The van der Waals surface area contributed by atoms with Crippen molar-refractivity contribution in [3.63, 3.8) is 0 Å². The van der Waals surface area contributed by atoms with E-state index in [-0.39, 0.29) is 5.56 Å². The van der Waals surface area contributed by atoms with E-state index in [0.717, 1.165) is 16.8 Å². The number of thiocarbonyl (C=S) groups is 1. The van der Waals surface area contributed by atoms with E-state index in [0.29, 0.717) is 11.5 Å². The third-order valence-electron chi connectivity index (χ3n) is 2.60. The lowest BCUT2D eigenvalue weighted by atomic mass is 10.1. The van der Waals surface area contributed by atoms with Gasteiger partial charge < -0.3 is 5.73 Å². The monoisotopic (exact) mass is 259 g/mol. The molecule has 5 heteroatoms. The fourth-order valence-corrected chi connectivity index (χ4v) is 1.92. The Morgan fingerprint density at radius 3 is 2.78 bits per heavy atom. The molecule has 2 rings (SSSR count). The van der Waals surface area contributed by atoms with Crippen molar-refractivity contribution in [2.45, 2.75) is 13.5 Å². The van der Waals surface area contributed by atoms with Crippen LogP contribution in [0, 0.1) is 6.92 Å². The summed E-state index contributed by atoms with van der Waals surface area (Å²) in [6.45, 7) is 2.21. The van der Waals surface area contributed by atoms with Crippen molar-refractivity contribution in [1.29, 1.82) is 0 Å². The lowest BCUT2D eigenvalue weighted by Gasteiger charge is -2.09. The fourth-order valence-electron chi connectivity index (χ4n) is 1.72. The molecule has 92 valence electrons. The highest BCUT2D eigenvalue weighted by Gasteiger charge is 2.06. The van der Waals surface area contributed by atoms with Crippen molar-refractivity contribution in [3.05, 3.63) is 63.6 Å². The van der Waals surface area contributed by atoms with Crippen molar-refractivity contribution in [1.82, 2.24) is 9.78 Å². The lowest BCUT2D eigenvalue weighted by Crippen LogP contribution is -2.24. The zero-order valence-corrected chi connectivity index (χ0v) is 10.8. The molecule has 0 aliphatic carbocycles. The summed E-state index contributed by atoms with van der Waals surface area (Å²) in [4.78, 5) is 12.0. The molecule has 0 radical (unpaired) electrons. The van der Waals surface area contributed by atoms with Gasteiger partial charge >= 0.3 is 0 Å². The van der Waals surface area contributed by atoms with Gasteiger partial charge in [-0.1, -0.05) is 36.5 Å². The molecule has 1 aromatic heterocycles. The van der Waals surface area contributed by atoms with Gasteiger partial charge in [0.15, 0.2) is 0 Å². The molecule has 1 aromatic carbocycles. The molecular weight excluding hydrogens is 246 g/mol. The summed E-state index contributed by atoms with van der Waals surface area (Å²) < 4.78 is 1.41. The first kappa shape index (κ1) is 12.4. The van der Waals surface area contributed by atoms with Gasteiger partial charge in [-0.3, -0.25) is 4.79 Å². The average molecular weight is 259 g/mol. The third kappa shape index (κ3) is 2.62. The molecule has 2 N–H and O–H groups in total. The Morgan fingerprint density at radius 2 is 2.06 bits per heavy atom. The number of hydrogen-bond acceptors (Lipinski definition) is 3. The van der Waals surface area contributed by atoms with Crippen LogP contribution in [0.25, 0.3) is 0 Å². The van der Waals surface area contributed by atoms with Crippen molar-refractivity contribution in [2.24, 2.45) is 5.73 Å². The normalized spacial score (nSPS) is 10.3. The molecule has 0 saturated heterocycles. The Kier molecular flexibility index (Phi) is 3.53. The Labute approximate surface area is 110 Å². The van der Waals surface area contributed by atoms with Gasteiger partial charge in [-0.05, 0) is 18.6 Å². The SMILES string of the molecule is Cc1ccc(=O)n(Cc2ccccc2C(N)=S)n1. The Balaban J connectivity index is 2.43. The summed E-state index contributed by atoms with van der Waals surface area (Å²) in [5, 5.41) is 4.19. The van der Waals surface area contributed by atoms with Crippen molar-refractivity contribution >= 4 is 17.2 Å². The minimum absolute atomic E-state index is 0.140. The van der Waals surface area contributed by atoms with E-state index < -0.39 is 0 Å². The molecule has 0 aliphatic rings. The van der Waals surface area contributed by atoms with E-state index in [4.69, 9.17) is 18.0 Å². The summed E-state index contributed by atoms with van der Waals surface area (Å²) in [5.74, 6) is 0. The van der Waals surface area contributed by atoms with Gasteiger partial charge in [0.05, 0.1) is 12.2 Å². The first-order valence-electron chi connectivity index (χ1n) is 5.50. The van der Waals surface area contributed by atoms with Gasteiger partial charge in [-0.15, -0.1) is 0 Å². The van der Waals surface area contributed by atoms with Gasteiger partial charge in [0.25, 0.3) is 5.56 Å². The van der Waals surface area contributed by atoms with E-state index in [1.54, 1.807) is 6.07 Å². The molecular formula is C13H13N3OS.